The lowest BCUT2D eigenvalue weighted by Crippen LogP contribution is -2.44. The van der Waals surface area contributed by atoms with Crippen molar-refractivity contribution >= 4 is 0 Å². The molecule has 120 valence electrons. The van der Waals surface area contributed by atoms with Gasteiger partial charge in [0.1, 0.15) is 0 Å². The fourth-order valence-electron chi connectivity index (χ4n) is 2.84. The summed E-state index contributed by atoms with van der Waals surface area (Å²) in [4.78, 5) is 0. The molecule has 0 bridgehead atoms. The van der Waals surface area contributed by atoms with E-state index in [0.717, 1.165) is 13.1 Å². The van der Waals surface area contributed by atoms with Gasteiger partial charge in [-0.2, -0.15) is 0 Å². The van der Waals surface area contributed by atoms with Gasteiger partial charge < -0.3 is 14.8 Å². The molecule has 0 unspecified atom stereocenters. The van der Waals surface area contributed by atoms with Gasteiger partial charge in [0, 0.05) is 6.54 Å². The number of hydrogen-bond acceptors (Lipinski definition) is 3. The highest BCUT2D eigenvalue weighted by molar-refractivity contribution is 4.85. The maximum Gasteiger partial charge on any atom is 0.0807 e. The lowest BCUT2D eigenvalue weighted by Gasteiger charge is -2.34. The molecule has 0 aromatic carbocycles. The summed E-state index contributed by atoms with van der Waals surface area (Å²) < 4.78 is 12.1. The molecule has 0 saturated heterocycles. The van der Waals surface area contributed by atoms with Gasteiger partial charge >= 0.3 is 0 Å². The first-order valence-electron chi connectivity index (χ1n) is 8.46. The normalized spacial score (nSPS) is 19.8. The molecule has 0 aliphatic heterocycles. The van der Waals surface area contributed by atoms with Crippen molar-refractivity contribution in [2.75, 3.05) is 26.3 Å². The van der Waals surface area contributed by atoms with Gasteiger partial charge in [0.25, 0.3) is 0 Å². The minimum Gasteiger partial charge on any atom is -0.373 e. The van der Waals surface area contributed by atoms with E-state index in [0.29, 0.717) is 13.2 Å². The van der Waals surface area contributed by atoms with Crippen molar-refractivity contribution in [1.29, 1.82) is 0 Å². The van der Waals surface area contributed by atoms with E-state index in [4.69, 9.17) is 9.47 Å². The van der Waals surface area contributed by atoms with Crippen LogP contribution in [0.5, 0.6) is 0 Å². The average molecular weight is 285 g/mol. The van der Waals surface area contributed by atoms with Gasteiger partial charge in [-0.25, -0.2) is 0 Å². The highest BCUT2D eigenvalue weighted by Crippen LogP contribution is 2.30. The lowest BCUT2D eigenvalue weighted by molar-refractivity contribution is -0.0972. The molecule has 1 N–H and O–H groups in total. The summed E-state index contributed by atoms with van der Waals surface area (Å²) >= 11 is 0. The first-order valence-corrected chi connectivity index (χ1v) is 8.46. The minimum atomic E-state index is -0.0690. The summed E-state index contributed by atoms with van der Waals surface area (Å²) in [5, 5.41) is 3.56. The Morgan fingerprint density at radius 2 is 1.65 bits per heavy atom. The maximum atomic E-state index is 6.31. The Kier molecular flexibility index (Phi) is 8.08. The summed E-state index contributed by atoms with van der Waals surface area (Å²) in [6, 6.07) is 0. The molecule has 0 aromatic heterocycles. The van der Waals surface area contributed by atoms with Crippen LogP contribution in [0, 0.1) is 0 Å². The Bertz CT molecular complexity index is 240. The Hall–Kier alpha value is -0.120. The van der Waals surface area contributed by atoms with Crippen molar-refractivity contribution in [3.8, 4) is 0 Å². The van der Waals surface area contributed by atoms with E-state index in [9.17, 15) is 0 Å². The van der Waals surface area contributed by atoms with Crippen molar-refractivity contribution in [1.82, 2.24) is 5.32 Å². The molecule has 1 aliphatic carbocycles. The second-order valence-electron chi connectivity index (χ2n) is 7.08. The summed E-state index contributed by atoms with van der Waals surface area (Å²) in [5.74, 6) is 0. The van der Waals surface area contributed by atoms with Crippen LogP contribution in [0.15, 0.2) is 0 Å². The molecule has 1 fully saturated rings. The first kappa shape index (κ1) is 17.9. The van der Waals surface area contributed by atoms with E-state index in [2.05, 4.69) is 33.0 Å². The zero-order valence-corrected chi connectivity index (χ0v) is 14.1. The predicted octanol–water partition coefficient (Wildman–Crippen LogP) is 3.91. The van der Waals surface area contributed by atoms with Gasteiger partial charge in [0.05, 0.1) is 24.4 Å². The van der Waals surface area contributed by atoms with Crippen LogP contribution in [-0.2, 0) is 9.47 Å². The van der Waals surface area contributed by atoms with Gasteiger partial charge in [-0.15, -0.1) is 0 Å². The van der Waals surface area contributed by atoms with Gasteiger partial charge in [0.2, 0.25) is 0 Å². The van der Waals surface area contributed by atoms with E-state index < -0.39 is 0 Å². The van der Waals surface area contributed by atoms with E-state index in [-0.39, 0.29) is 11.2 Å². The topological polar surface area (TPSA) is 30.5 Å². The van der Waals surface area contributed by atoms with Crippen molar-refractivity contribution in [2.45, 2.75) is 83.8 Å². The Morgan fingerprint density at radius 1 is 1.00 bits per heavy atom. The monoisotopic (exact) mass is 285 g/mol. The molecule has 0 radical (unpaired) electrons. The van der Waals surface area contributed by atoms with Crippen molar-refractivity contribution in [3.63, 3.8) is 0 Å². The van der Waals surface area contributed by atoms with Crippen LogP contribution in [0.4, 0.5) is 0 Å². The summed E-state index contributed by atoms with van der Waals surface area (Å²) in [6.45, 7) is 12.0. The van der Waals surface area contributed by atoms with E-state index >= 15 is 0 Å². The third kappa shape index (κ3) is 7.61. The fraction of sp³-hybridized carbons (Fsp3) is 1.00. The fourth-order valence-corrected chi connectivity index (χ4v) is 2.84. The van der Waals surface area contributed by atoms with Gasteiger partial charge in [-0.1, -0.05) is 32.6 Å². The highest BCUT2D eigenvalue weighted by Gasteiger charge is 2.31. The third-order valence-electron chi connectivity index (χ3n) is 3.92. The summed E-state index contributed by atoms with van der Waals surface area (Å²) in [7, 11) is 0. The van der Waals surface area contributed by atoms with Gasteiger partial charge in [-0.05, 0) is 46.6 Å². The average Bonchev–Trinajstić information content (AvgIpc) is 2.60. The van der Waals surface area contributed by atoms with Crippen LogP contribution < -0.4 is 5.32 Å². The van der Waals surface area contributed by atoms with Crippen LogP contribution in [0.1, 0.15) is 72.6 Å². The number of nitrogens with one attached hydrogen (secondary N) is 1. The van der Waals surface area contributed by atoms with Crippen molar-refractivity contribution < 1.29 is 9.47 Å². The lowest BCUT2D eigenvalue weighted by atomic mass is 9.94. The molecule has 0 spiro atoms. The predicted molar refractivity (Wildman–Crippen MR) is 85.3 cm³/mol. The SMILES string of the molecule is CCCNCC1(OCCOC(C)(C)C)CCCCCC1. The number of ether oxygens (including phenoxy) is 2. The quantitative estimate of drug-likeness (QED) is 0.542. The summed E-state index contributed by atoms with van der Waals surface area (Å²) in [6.07, 6.45) is 8.89. The molecule has 3 nitrogen and oxygen atoms in total. The molecule has 0 amide bonds. The van der Waals surface area contributed by atoms with E-state index in [1.807, 2.05) is 0 Å². The first-order chi connectivity index (χ1) is 9.47. The second-order valence-corrected chi connectivity index (χ2v) is 7.08. The Balaban J connectivity index is 2.40. The smallest absolute Gasteiger partial charge is 0.0807 e. The maximum absolute atomic E-state index is 6.31. The largest absolute Gasteiger partial charge is 0.373 e. The van der Waals surface area contributed by atoms with Crippen molar-refractivity contribution in [2.24, 2.45) is 0 Å². The van der Waals surface area contributed by atoms with Crippen LogP contribution in [0.3, 0.4) is 0 Å². The molecular weight excluding hydrogens is 250 g/mol. The van der Waals surface area contributed by atoms with Crippen LogP contribution >= 0.6 is 0 Å². The third-order valence-corrected chi connectivity index (χ3v) is 3.92. The molecule has 1 aliphatic rings. The molecule has 0 aromatic rings. The standard InChI is InChI=1S/C17H35NO2/c1-5-12-18-15-17(10-8-6-7-9-11-17)20-14-13-19-16(2,3)4/h18H,5-15H2,1-4H3. The number of hydrogen-bond donors (Lipinski definition) is 1. The molecule has 1 rings (SSSR count). The van der Waals surface area contributed by atoms with Crippen LogP contribution in [0.25, 0.3) is 0 Å². The molecule has 0 atom stereocenters. The minimum absolute atomic E-state index is 0.0485. The van der Waals surface area contributed by atoms with Crippen molar-refractivity contribution in [3.05, 3.63) is 0 Å². The molecule has 1 saturated carbocycles. The van der Waals surface area contributed by atoms with E-state index in [1.54, 1.807) is 0 Å². The van der Waals surface area contributed by atoms with Gasteiger partial charge in [0.15, 0.2) is 0 Å². The highest BCUT2D eigenvalue weighted by atomic mass is 16.5. The zero-order chi connectivity index (χ0) is 14.9. The van der Waals surface area contributed by atoms with Crippen LogP contribution in [0.2, 0.25) is 0 Å². The van der Waals surface area contributed by atoms with Gasteiger partial charge in [-0.3, -0.25) is 0 Å². The molecule has 20 heavy (non-hydrogen) atoms. The Morgan fingerprint density at radius 3 is 2.20 bits per heavy atom. The van der Waals surface area contributed by atoms with Crippen LogP contribution in [-0.4, -0.2) is 37.5 Å². The van der Waals surface area contributed by atoms with E-state index in [1.165, 1.54) is 44.9 Å². The molecule has 3 heteroatoms. The number of rotatable bonds is 8. The Labute approximate surface area is 125 Å². The molecular formula is C17H35NO2. The summed E-state index contributed by atoms with van der Waals surface area (Å²) in [5.41, 5.74) is -0.0205. The zero-order valence-electron chi connectivity index (χ0n) is 14.1. The molecule has 0 heterocycles. The second kappa shape index (κ2) is 9.01.